The van der Waals surface area contributed by atoms with Gasteiger partial charge in [0.2, 0.25) is 0 Å². The first-order valence-corrected chi connectivity index (χ1v) is 10.3. The molecule has 4 aromatic rings. The molecule has 0 bridgehead atoms. The molecule has 0 saturated carbocycles. The molecule has 2 unspecified atom stereocenters. The third kappa shape index (κ3) is 3.66. The molecular weight excluding hydrogens is 378 g/mol. The van der Waals surface area contributed by atoms with Crippen molar-refractivity contribution in [1.29, 1.82) is 0 Å². The number of tetrazole rings is 1. The average Bonchev–Trinajstić information content (AvgIpc) is 3.50. The van der Waals surface area contributed by atoms with Gasteiger partial charge in [-0.2, -0.15) is 0 Å². The van der Waals surface area contributed by atoms with E-state index in [0.717, 1.165) is 47.6 Å². The number of ether oxygens (including phenoxy) is 1. The van der Waals surface area contributed by atoms with Gasteiger partial charge < -0.3 is 15.0 Å². The number of aromatic nitrogens is 6. The number of benzene rings is 2. The number of nitrogens with zero attached hydrogens (tertiary/aromatic N) is 5. The Morgan fingerprint density at radius 2 is 2.13 bits per heavy atom. The summed E-state index contributed by atoms with van der Waals surface area (Å²) in [7, 11) is 0. The fourth-order valence-electron chi connectivity index (χ4n) is 3.96. The molecule has 0 aliphatic carbocycles. The van der Waals surface area contributed by atoms with Crippen LogP contribution in [0.1, 0.15) is 41.4 Å². The summed E-state index contributed by atoms with van der Waals surface area (Å²) >= 11 is 0. The van der Waals surface area contributed by atoms with Crippen molar-refractivity contribution in [2.24, 2.45) is 0 Å². The van der Waals surface area contributed by atoms with E-state index >= 15 is 0 Å². The van der Waals surface area contributed by atoms with E-state index in [-0.39, 0.29) is 12.1 Å². The summed E-state index contributed by atoms with van der Waals surface area (Å²) in [6.07, 6.45) is 3.99. The smallest absolute Gasteiger partial charge is 0.178 e. The first-order chi connectivity index (χ1) is 14.7. The van der Waals surface area contributed by atoms with Crippen LogP contribution in [0.4, 0.5) is 5.69 Å². The zero-order chi connectivity index (χ0) is 20.5. The molecule has 1 aliphatic heterocycles. The van der Waals surface area contributed by atoms with Crippen LogP contribution in [0.2, 0.25) is 0 Å². The van der Waals surface area contributed by atoms with Crippen molar-refractivity contribution >= 4 is 16.7 Å². The molecule has 1 saturated heterocycles. The lowest BCUT2D eigenvalue weighted by Crippen LogP contribution is -2.23. The molecule has 2 atom stereocenters. The third-order valence-electron chi connectivity index (χ3n) is 5.81. The second-order valence-corrected chi connectivity index (χ2v) is 7.91. The predicted octanol–water partition coefficient (Wildman–Crippen LogP) is 3.55. The molecule has 2 aromatic carbocycles. The van der Waals surface area contributed by atoms with E-state index in [4.69, 9.17) is 4.74 Å². The van der Waals surface area contributed by atoms with E-state index in [2.05, 4.69) is 68.9 Å². The molecule has 2 aromatic heterocycles. The molecule has 1 fully saturated rings. The molecule has 0 amide bonds. The Balaban J connectivity index is 1.52. The molecule has 8 heteroatoms. The summed E-state index contributed by atoms with van der Waals surface area (Å²) < 4.78 is 7.68. The van der Waals surface area contributed by atoms with E-state index in [9.17, 15) is 0 Å². The molecule has 154 valence electrons. The van der Waals surface area contributed by atoms with Crippen molar-refractivity contribution in [2.75, 3.05) is 11.9 Å². The third-order valence-corrected chi connectivity index (χ3v) is 5.81. The summed E-state index contributed by atoms with van der Waals surface area (Å²) in [4.78, 5) is 7.48. The van der Waals surface area contributed by atoms with Gasteiger partial charge in [-0.15, -0.1) is 5.10 Å². The van der Waals surface area contributed by atoms with Gasteiger partial charge in [0.15, 0.2) is 5.82 Å². The van der Waals surface area contributed by atoms with Crippen LogP contribution in [0.3, 0.4) is 0 Å². The molecule has 1 aliphatic rings. The fraction of sp³-hybridized carbons (Fsp3) is 0.364. The highest BCUT2D eigenvalue weighted by Gasteiger charge is 2.25. The number of nitrogens with one attached hydrogen (secondary N) is 2. The Bertz CT molecular complexity index is 1160. The Labute approximate surface area is 174 Å². The standard InChI is InChI=1S/C22H25N7O/c1-14-5-6-16(10-15(14)2)21(25-17-7-8-19-20(11-17)24-13-23-19)22-26-27-28-29(22)12-18-4-3-9-30-18/h5-8,10-11,13,18,21,25H,3-4,9,12H2,1-2H3,(H,23,24). The van der Waals surface area contributed by atoms with Gasteiger partial charge in [0, 0.05) is 12.3 Å². The number of anilines is 1. The summed E-state index contributed by atoms with van der Waals surface area (Å²) in [5, 5.41) is 16.3. The molecule has 30 heavy (non-hydrogen) atoms. The zero-order valence-corrected chi connectivity index (χ0v) is 17.2. The molecule has 5 rings (SSSR count). The highest BCUT2D eigenvalue weighted by atomic mass is 16.5. The number of rotatable bonds is 6. The van der Waals surface area contributed by atoms with Crippen molar-refractivity contribution in [3.05, 3.63) is 65.2 Å². The number of fused-ring (bicyclic) bond motifs is 1. The lowest BCUT2D eigenvalue weighted by molar-refractivity contribution is 0.0925. The molecule has 0 radical (unpaired) electrons. The number of hydrogen-bond donors (Lipinski definition) is 2. The van der Waals surface area contributed by atoms with Gasteiger partial charge in [-0.1, -0.05) is 18.2 Å². The molecule has 8 nitrogen and oxygen atoms in total. The van der Waals surface area contributed by atoms with Crippen molar-refractivity contribution in [3.63, 3.8) is 0 Å². The van der Waals surface area contributed by atoms with Crippen LogP contribution in [-0.4, -0.2) is 42.9 Å². The Hall–Kier alpha value is -3.26. The maximum absolute atomic E-state index is 5.81. The lowest BCUT2D eigenvalue weighted by atomic mass is 10.00. The lowest BCUT2D eigenvalue weighted by Gasteiger charge is -2.21. The number of imidazole rings is 1. The number of aryl methyl sites for hydroxylation is 2. The topological polar surface area (TPSA) is 93.5 Å². The summed E-state index contributed by atoms with van der Waals surface area (Å²) in [5.41, 5.74) is 6.51. The number of H-pyrrole nitrogens is 1. The highest BCUT2D eigenvalue weighted by molar-refractivity contribution is 5.78. The Morgan fingerprint density at radius 1 is 1.20 bits per heavy atom. The second kappa shape index (κ2) is 7.87. The minimum atomic E-state index is -0.193. The van der Waals surface area contributed by atoms with E-state index in [0.29, 0.717) is 6.54 Å². The van der Waals surface area contributed by atoms with Crippen molar-refractivity contribution in [1.82, 2.24) is 30.2 Å². The maximum Gasteiger partial charge on any atom is 0.178 e. The van der Waals surface area contributed by atoms with Crippen LogP contribution < -0.4 is 5.32 Å². The van der Waals surface area contributed by atoms with E-state index in [1.807, 2.05) is 16.8 Å². The summed E-state index contributed by atoms with van der Waals surface area (Å²) in [6, 6.07) is 12.4. The van der Waals surface area contributed by atoms with Crippen LogP contribution in [0, 0.1) is 13.8 Å². The van der Waals surface area contributed by atoms with Crippen LogP contribution in [0.25, 0.3) is 11.0 Å². The second-order valence-electron chi connectivity index (χ2n) is 7.91. The zero-order valence-electron chi connectivity index (χ0n) is 17.2. The van der Waals surface area contributed by atoms with Gasteiger partial charge in [-0.05, 0) is 72.0 Å². The maximum atomic E-state index is 5.81. The van der Waals surface area contributed by atoms with E-state index in [1.165, 1.54) is 11.1 Å². The van der Waals surface area contributed by atoms with Gasteiger partial charge in [0.1, 0.15) is 6.04 Å². The molecular formula is C22H25N7O. The number of hydrogen-bond acceptors (Lipinski definition) is 6. The van der Waals surface area contributed by atoms with Gasteiger partial charge in [0.05, 0.1) is 30.0 Å². The molecule has 0 spiro atoms. The summed E-state index contributed by atoms with van der Waals surface area (Å²) in [5.74, 6) is 0.776. The van der Waals surface area contributed by atoms with E-state index < -0.39 is 0 Å². The van der Waals surface area contributed by atoms with Crippen molar-refractivity contribution < 1.29 is 4.74 Å². The van der Waals surface area contributed by atoms with Crippen molar-refractivity contribution in [2.45, 2.75) is 45.4 Å². The monoisotopic (exact) mass is 403 g/mol. The first-order valence-electron chi connectivity index (χ1n) is 10.3. The normalized spacial score (nSPS) is 17.5. The van der Waals surface area contributed by atoms with Crippen LogP contribution in [0.5, 0.6) is 0 Å². The van der Waals surface area contributed by atoms with Crippen LogP contribution >= 0.6 is 0 Å². The minimum absolute atomic E-state index is 0.161. The summed E-state index contributed by atoms with van der Waals surface area (Å²) in [6.45, 7) is 5.72. The van der Waals surface area contributed by atoms with Gasteiger partial charge in [-0.25, -0.2) is 9.67 Å². The SMILES string of the molecule is Cc1ccc(C(Nc2ccc3nc[nH]c3c2)c2nnnn2CC2CCCO2)cc1C. The number of aromatic amines is 1. The Morgan fingerprint density at radius 3 is 2.97 bits per heavy atom. The average molecular weight is 403 g/mol. The Kier molecular flexibility index (Phi) is 4.92. The van der Waals surface area contributed by atoms with Gasteiger partial charge in [0.25, 0.3) is 0 Å². The largest absolute Gasteiger partial charge is 0.376 e. The quantitative estimate of drug-likeness (QED) is 0.511. The minimum Gasteiger partial charge on any atom is -0.376 e. The molecule has 3 heterocycles. The molecule has 2 N–H and O–H groups in total. The van der Waals surface area contributed by atoms with E-state index in [1.54, 1.807) is 6.33 Å². The highest BCUT2D eigenvalue weighted by Crippen LogP contribution is 2.28. The van der Waals surface area contributed by atoms with Gasteiger partial charge >= 0.3 is 0 Å². The predicted molar refractivity (Wildman–Crippen MR) is 114 cm³/mol. The van der Waals surface area contributed by atoms with Crippen LogP contribution in [-0.2, 0) is 11.3 Å². The van der Waals surface area contributed by atoms with Crippen LogP contribution in [0.15, 0.2) is 42.7 Å². The van der Waals surface area contributed by atoms with Gasteiger partial charge in [-0.3, -0.25) is 0 Å². The first kappa shape index (κ1) is 18.7. The van der Waals surface area contributed by atoms with Crippen molar-refractivity contribution in [3.8, 4) is 0 Å². The fourth-order valence-corrected chi connectivity index (χ4v) is 3.96.